The van der Waals surface area contributed by atoms with E-state index in [0.717, 1.165) is 42.7 Å². The number of fused-ring (bicyclic) bond motifs is 3. The molecule has 7 rings (SSSR count). The summed E-state index contributed by atoms with van der Waals surface area (Å²) < 4.78 is 40.4. The zero-order chi connectivity index (χ0) is 31.0. The molecule has 0 bridgehead atoms. The summed E-state index contributed by atoms with van der Waals surface area (Å²) >= 11 is 1.04. The maximum absolute atomic E-state index is 14.3. The Bertz CT molecular complexity index is 1690. The molecule has 44 heavy (non-hydrogen) atoms. The van der Waals surface area contributed by atoms with Gasteiger partial charge in [-0.3, -0.25) is 18.9 Å². The third-order valence-corrected chi connectivity index (χ3v) is 11.8. The first-order valence-corrected chi connectivity index (χ1v) is 17.3. The maximum Gasteiger partial charge on any atom is 0.399 e. The summed E-state index contributed by atoms with van der Waals surface area (Å²) in [4.78, 5) is 63.1. The fourth-order valence-corrected chi connectivity index (χ4v) is 8.60. The van der Waals surface area contributed by atoms with Crippen LogP contribution >= 0.6 is 18.9 Å². The van der Waals surface area contributed by atoms with Crippen LogP contribution in [0.15, 0.2) is 54.6 Å². The van der Waals surface area contributed by atoms with Crippen LogP contribution in [0.2, 0.25) is 0 Å². The van der Waals surface area contributed by atoms with Gasteiger partial charge in [0.1, 0.15) is 12.1 Å². The molecule has 3 amide bonds. The second-order valence-electron chi connectivity index (χ2n) is 12.5. The summed E-state index contributed by atoms with van der Waals surface area (Å²) in [5.74, 6) is 0.224. The van der Waals surface area contributed by atoms with Crippen LogP contribution in [0.4, 0.5) is 8.78 Å². The van der Waals surface area contributed by atoms with Crippen molar-refractivity contribution in [2.24, 2.45) is 11.8 Å². The Labute approximate surface area is 256 Å². The molecule has 1 aliphatic carbocycles. The lowest BCUT2D eigenvalue weighted by Gasteiger charge is -2.43. The molecule has 1 saturated carbocycles. The molecular formula is C31H32F2N3O6PS. The highest BCUT2D eigenvalue weighted by atomic mass is 32.1. The summed E-state index contributed by atoms with van der Waals surface area (Å²) in [5.41, 5.74) is -4.01. The number of nitrogens with zero attached hydrogens (tertiary/aromatic N) is 2. The molecule has 0 unspecified atom stereocenters. The van der Waals surface area contributed by atoms with Gasteiger partial charge in [0, 0.05) is 35.3 Å². The van der Waals surface area contributed by atoms with E-state index in [1.807, 2.05) is 23.1 Å². The third kappa shape index (κ3) is 5.15. The van der Waals surface area contributed by atoms with Crippen LogP contribution in [0, 0.1) is 11.8 Å². The number of carbonyl (C=O) groups excluding carboxylic acids is 3. The van der Waals surface area contributed by atoms with Crippen LogP contribution in [0.3, 0.4) is 0 Å². The lowest BCUT2D eigenvalue weighted by molar-refractivity contribution is -0.149. The molecule has 13 heteroatoms. The van der Waals surface area contributed by atoms with E-state index in [9.17, 15) is 27.7 Å². The van der Waals surface area contributed by atoms with Gasteiger partial charge in [0.15, 0.2) is 0 Å². The number of hydrogen-bond acceptors (Lipinski definition) is 5. The third-order valence-electron chi connectivity index (χ3n) is 9.75. The number of rotatable bonds is 6. The quantitative estimate of drug-likeness (QED) is 0.336. The molecule has 1 aromatic heterocycles. The number of nitrogens with one attached hydrogen (secondary N) is 1. The largest absolute Gasteiger partial charge is 0.399 e. The van der Waals surface area contributed by atoms with Gasteiger partial charge in [-0.05, 0) is 73.1 Å². The molecule has 3 aliphatic heterocycles. The Morgan fingerprint density at radius 2 is 1.70 bits per heavy atom. The Kier molecular flexibility index (Phi) is 7.19. The molecule has 2 aromatic carbocycles. The fourth-order valence-electron chi connectivity index (χ4n) is 7.18. The van der Waals surface area contributed by atoms with Gasteiger partial charge in [-0.1, -0.05) is 36.4 Å². The van der Waals surface area contributed by atoms with E-state index in [1.165, 1.54) is 17.7 Å². The summed E-state index contributed by atoms with van der Waals surface area (Å²) in [6.45, 7) is 1.23. The minimum absolute atomic E-state index is 0.0431. The molecule has 4 fully saturated rings. The van der Waals surface area contributed by atoms with E-state index in [-0.39, 0.29) is 34.0 Å². The minimum atomic E-state index is -5.74. The van der Waals surface area contributed by atoms with Gasteiger partial charge >= 0.3 is 13.3 Å². The molecule has 4 heterocycles. The number of hydrogen-bond donors (Lipinski definition) is 3. The van der Waals surface area contributed by atoms with Crippen LogP contribution < -0.4 is 5.32 Å². The molecule has 3 saturated heterocycles. The van der Waals surface area contributed by atoms with Crippen molar-refractivity contribution < 1.29 is 37.5 Å². The monoisotopic (exact) mass is 643 g/mol. The second kappa shape index (κ2) is 10.7. The topological polar surface area (TPSA) is 127 Å². The number of carbonyl (C=O) groups is 3. The van der Waals surface area contributed by atoms with Crippen molar-refractivity contribution in [1.29, 1.82) is 0 Å². The van der Waals surface area contributed by atoms with Crippen LogP contribution in [-0.2, 0) is 19.8 Å². The van der Waals surface area contributed by atoms with Gasteiger partial charge in [-0.25, -0.2) is 0 Å². The average molecular weight is 644 g/mol. The summed E-state index contributed by atoms with van der Waals surface area (Å²) in [6.07, 6.45) is 3.67. The number of amides is 3. The highest BCUT2D eigenvalue weighted by molar-refractivity contribution is 7.52. The van der Waals surface area contributed by atoms with Crippen LogP contribution in [0.1, 0.15) is 58.8 Å². The average Bonchev–Trinajstić information content (AvgIpc) is 3.33. The lowest BCUT2D eigenvalue weighted by Crippen LogP contribution is -2.59. The molecule has 0 spiro atoms. The van der Waals surface area contributed by atoms with E-state index in [2.05, 4.69) is 17.4 Å². The van der Waals surface area contributed by atoms with Crippen LogP contribution in [0.5, 0.6) is 0 Å². The second-order valence-corrected chi connectivity index (χ2v) is 15.3. The number of thiophene rings is 1. The number of likely N-dealkylation sites (tertiary alicyclic amines) is 1. The van der Waals surface area contributed by atoms with E-state index in [1.54, 1.807) is 4.90 Å². The fraction of sp³-hybridized carbons (Fsp3) is 0.452. The normalized spacial score (nSPS) is 27.3. The molecule has 3 aromatic rings. The summed E-state index contributed by atoms with van der Waals surface area (Å²) in [5, 5.41) is 3.12. The molecule has 232 valence electrons. The van der Waals surface area contributed by atoms with E-state index in [4.69, 9.17) is 9.79 Å². The van der Waals surface area contributed by atoms with Gasteiger partial charge in [0.05, 0.1) is 4.88 Å². The van der Waals surface area contributed by atoms with E-state index < -0.39 is 36.8 Å². The first-order valence-electron chi connectivity index (χ1n) is 14.8. The van der Waals surface area contributed by atoms with Crippen molar-refractivity contribution in [2.45, 2.75) is 61.8 Å². The van der Waals surface area contributed by atoms with E-state index in [0.29, 0.717) is 42.5 Å². The highest BCUT2D eigenvalue weighted by Gasteiger charge is 2.53. The molecule has 4 aliphatic rings. The Morgan fingerprint density at radius 3 is 2.43 bits per heavy atom. The standard InChI is InChI=1S/C31H32F2N3O6PS/c32-31(33,43(40,41)42)22-6-9-26-20(11-22)14-27(44-26)28(37)34-24-13-19-10-18(19)12-23-7-8-25(36(23)29(24)38)30(39)35-15-21(16-35)17-4-2-1-3-5-17/h1-6,9,11,14,18-19,21,23-25H,7-8,10,12-13,15-16H2,(H,34,37)(H2,40,41,42)/t18-,19+,23+,24-,25-/m0/s1. The maximum atomic E-state index is 14.3. The van der Waals surface area contributed by atoms with Crippen molar-refractivity contribution in [3.8, 4) is 0 Å². The first kappa shape index (κ1) is 29.5. The predicted octanol–water partition coefficient (Wildman–Crippen LogP) is 4.64. The van der Waals surface area contributed by atoms with Gasteiger partial charge in [0.2, 0.25) is 11.8 Å². The van der Waals surface area contributed by atoms with Crippen LogP contribution in [0.25, 0.3) is 10.1 Å². The van der Waals surface area contributed by atoms with Crippen LogP contribution in [-0.4, -0.2) is 68.5 Å². The number of benzene rings is 2. The SMILES string of the molecule is O=C(N[C@H]1C[C@H]2C[C@H]2C[C@H]2CC[C@@H](C(=O)N3CC(c4ccccc4)C3)N2C1=O)c1cc2cc(C(F)(F)P(=O)(O)O)ccc2s1. The lowest BCUT2D eigenvalue weighted by atomic mass is 9.90. The molecular weight excluding hydrogens is 611 g/mol. The van der Waals surface area contributed by atoms with Crippen molar-refractivity contribution in [3.05, 3.63) is 70.6 Å². The Balaban J connectivity index is 1.08. The predicted molar refractivity (Wildman–Crippen MR) is 159 cm³/mol. The molecule has 3 N–H and O–H groups in total. The minimum Gasteiger partial charge on any atom is -0.340 e. The van der Waals surface area contributed by atoms with Gasteiger partial charge in [-0.2, -0.15) is 8.78 Å². The van der Waals surface area contributed by atoms with Gasteiger partial charge in [-0.15, -0.1) is 11.3 Å². The van der Waals surface area contributed by atoms with Crippen molar-refractivity contribution >= 4 is 46.7 Å². The molecule has 5 atom stereocenters. The number of alkyl halides is 2. The number of halogens is 2. The molecule has 9 nitrogen and oxygen atoms in total. The van der Waals surface area contributed by atoms with Crippen molar-refractivity contribution in [2.75, 3.05) is 13.1 Å². The first-order chi connectivity index (χ1) is 20.9. The Morgan fingerprint density at radius 1 is 0.977 bits per heavy atom. The van der Waals surface area contributed by atoms with Crippen molar-refractivity contribution in [3.63, 3.8) is 0 Å². The Hall–Kier alpha value is -3.18. The van der Waals surface area contributed by atoms with E-state index >= 15 is 0 Å². The van der Waals surface area contributed by atoms with Gasteiger partial charge < -0.3 is 24.9 Å². The zero-order valence-corrected chi connectivity index (χ0v) is 25.4. The van der Waals surface area contributed by atoms with Gasteiger partial charge in [0.25, 0.3) is 5.91 Å². The summed E-state index contributed by atoms with van der Waals surface area (Å²) in [6, 6.07) is 13.2. The summed E-state index contributed by atoms with van der Waals surface area (Å²) in [7, 11) is -5.74. The zero-order valence-electron chi connectivity index (χ0n) is 23.6. The van der Waals surface area contributed by atoms with Crippen molar-refractivity contribution in [1.82, 2.24) is 15.1 Å². The smallest absolute Gasteiger partial charge is 0.340 e. The highest BCUT2D eigenvalue weighted by Crippen LogP contribution is 2.59. The molecule has 0 radical (unpaired) electrons.